The molecule has 0 aliphatic heterocycles. The van der Waals surface area contributed by atoms with Gasteiger partial charge in [0.15, 0.2) is 0 Å². The molecule has 0 fully saturated rings. The van der Waals surface area contributed by atoms with Crippen LogP contribution in [0.3, 0.4) is 0 Å². The van der Waals surface area contributed by atoms with Crippen LogP contribution in [0.4, 0.5) is 0 Å². The summed E-state index contributed by atoms with van der Waals surface area (Å²) in [4.78, 5) is 2.04. The van der Waals surface area contributed by atoms with Gasteiger partial charge in [-0.3, -0.25) is 0 Å². The molecule has 1 heterocycles. The van der Waals surface area contributed by atoms with Gasteiger partial charge in [-0.1, -0.05) is 20.8 Å². The number of thiophene rings is 1. The Morgan fingerprint density at radius 1 is 1.31 bits per heavy atom. The summed E-state index contributed by atoms with van der Waals surface area (Å²) in [5, 5.41) is 12.3. The van der Waals surface area contributed by atoms with E-state index in [9.17, 15) is 0 Å². The minimum Gasteiger partial charge on any atom is -0.309 e. The Morgan fingerprint density at radius 3 is 2.50 bits per heavy atom. The van der Waals surface area contributed by atoms with E-state index in [1.54, 1.807) is 11.3 Å². The van der Waals surface area contributed by atoms with Crippen LogP contribution in [0, 0.1) is 23.2 Å². The first-order valence-electron chi connectivity index (χ1n) is 5.77. The molecule has 1 aromatic heterocycles. The Hall–Kier alpha value is -0.850. The lowest BCUT2D eigenvalue weighted by Gasteiger charge is -2.19. The zero-order valence-corrected chi connectivity index (χ0v) is 11.3. The predicted molar refractivity (Wildman–Crippen MR) is 69.5 cm³/mol. The van der Waals surface area contributed by atoms with Crippen molar-refractivity contribution in [3.63, 3.8) is 0 Å². The van der Waals surface area contributed by atoms with Gasteiger partial charge < -0.3 is 5.32 Å². The van der Waals surface area contributed by atoms with Crippen molar-refractivity contribution in [2.75, 3.05) is 6.54 Å². The highest BCUT2D eigenvalue weighted by Crippen LogP contribution is 2.22. The summed E-state index contributed by atoms with van der Waals surface area (Å²) in [6.07, 6.45) is 0. The third kappa shape index (κ3) is 3.62. The number of nitrogens with one attached hydrogen (secondary N) is 1. The molecular weight excluding hydrogens is 216 g/mol. The number of nitriles is 1. The monoisotopic (exact) mass is 236 g/mol. The molecule has 88 valence electrons. The molecule has 0 saturated heterocycles. The molecule has 1 rings (SSSR count). The molecule has 2 atom stereocenters. The fraction of sp³-hybridized carbons (Fsp3) is 0.615. The van der Waals surface area contributed by atoms with E-state index in [1.807, 2.05) is 12.1 Å². The lowest BCUT2D eigenvalue weighted by atomic mass is 9.98. The maximum absolute atomic E-state index is 8.76. The van der Waals surface area contributed by atoms with Crippen molar-refractivity contribution in [2.24, 2.45) is 11.8 Å². The van der Waals surface area contributed by atoms with Crippen molar-refractivity contribution in [3.8, 4) is 6.07 Å². The molecule has 0 aliphatic carbocycles. The van der Waals surface area contributed by atoms with E-state index in [2.05, 4.69) is 39.1 Å². The van der Waals surface area contributed by atoms with Gasteiger partial charge in [0.2, 0.25) is 0 Å². The first-order chi connectivity index (χ1) is 7.54. The van der Waals surface area contributed by atoms with Gasteiger partial charge in [-0.05, 0) is 37.4 Å². The smallest absolute Gasteiger partial charge is 0.110 e. The average Bonchev–Trinajstić information content (AvgIpc) is 2.73. The highest BCUT2D eigenvalue weighted by atomic mass is 32.1. The van der Waals surface area contributed by atoms with Crippen molar-refractivity contribution < 1.29 is 0 Å². The quantitative estimate of drug-likeness (QED) is 0.848. The van der Waals surface area contributed by atoms with Crippen LogP contribution < -0.4 is 5.32 Å². The predicted octanol–water partition coefficient (Wildman–Crippen LogP) is 3.56. The van der Waals surface area contributed by atoms with Gasteiger partial charge in [-0.25, -0.2) is 0 Å². The van der Waals surface area contributed by atoms with Crippen LogP contribution in [-0.4, -0.2) is 6.54 Å². The van der Waals surface area contributed by atoms with E-state index in [0.29, 0.717) is 17.9 Å². The van der Waals surface area contributed by atoms with Crippen molar-refractivity contribution in [1.29, 1.82) is 5.26 Å². The molecule has 3 heteroatoms. The Kier molecular flexibility index (Phi) is 4.98. The molecule has 2 nitrogen and oxygen atoms in total. The van der Waals surface area contributed by atoms with E-state index in [0.717, 1.165) is 11.4 Å². The van der Waals surface area contributed by atoms with Crippen molar-refractivity contribution >= 4 is 11.3 Å². The van der Waals surface area contributed by atoms with Crippen LogP contribution in [0.15, 0.2) is 12.1 Å². The van der Waals surface area contributed by atoms with Gasteiger partial charge in [0.25, 0.3) is 0 Å². The molecule has 0 bridgehead atoms. The Labute approximate surface area is 102 Å². The lowest BCUT2D eigenvalue weighted by Crippen LogP contribution is -2.26. The summed E-state index contributed by atoms with van der Waals surface area (Å²) < 4.78 is 0. The van der Waals surface area contributed by atoms with Crippen LogP contribution in [-0.2, 0) is 0 Å². The summed E-state index contributed by atoms with van der Waals surface area (Å²) in [5.74, 6) is 1.38. The Balaban J connectivity index is 2.47. The molecule has 0 aromatic carbocycles. The average molecular weight is 236 g/mol. The SMILES string of the molecule is CC(NCC(C)C(C)C)c1ccc(C#N)s1. The van der Waals surface area contributed by atoms with Crippen LogP contribution in [0.1, 0.15) is 43.5 Å². The normalized spacial score (nSPS) is 14.8. The third-order valence-corrected chi connectivity index (χ3v) is 4.22. The third-order valence-electron chi connectivity index (χ3n) is 3.05. The van der Waals surface area contributed by atoms with Gasteiger partial charge in [-0.15, -0.1) is 11.3 Å². The summed E-state index contributed by atoms with van der Waals surface area (Å²) in [7, 11) is 0. The lowest BCUT2D eigenvalue weighted by molar-refractivity contribution is 0.377. The highest BCUT2D eigenvalue weighted by molar-refractivity contribution is 7.12. The molecule has 16 heavy (non-hydrogen) atoms. The molecule has 0 amide bonds. The van der Waals surface area contributed by atoms with Gasteiger partial charge in [0, 0.05) is 10.9 Å². The fourth-order valence-electron chi connectivity index (χ4n) is 1.34. The van der Waals surface area contributed by atoms with E-state index in [1.165, 1.54) is 4.88 Å². The molecule has 2 unspecified atom stereocenters. The maximum atomic E-state index is 8.76. The fourth-order valence-corrected chi connectivity index (χ4v) is 2.18. The molecule has 0 saturated carbocycles. The number of hydrogen-bond donors (Lipinski definition) is 1. The summed E-state index contributed by atoms with van der Waals surface area (Å²) >= 11 is 1.58. The van der Waals surface area contributed by atoms with Gasteiger partial charge in [-0.2, -0.15) is 5.26 Å². The Morgan fingerprint density at radius 2 is 2.00 bits per heavy atom. The first-order valence-corrected chi connectivity index (χ1v) is 6.59. The number of nitrogens with zero attached hydrogens (tertiary/aromatic N) is 1. The second-order valence-corrected chi connectivity index (χ2v) is 5.78. The summed E-state index contributed by atoms with van der Waals surface area (Å²) in [5.41, 5.74) is 0. The highest BCUT2D eigenvalue weighted by Gasteiger charge is 2.11. The van der Waals surface area contributed by atoms with E-state index < -0.39 is 0 Å². The maximum Gasteiger partial charge on any atom is 0.110 e. The zero-order chi connectivity index (χ0) is 12.1. The second-order valence-electron chi connectivity index (χ2n) is 4.67. The van der Waals surface area contributed by atoms with Gasteiger partial charge in [0.05, 0.1) is 0 Å². The second kappa shape index (κ2) is 6.03. The van der Waals surface area contributed by atoms with Crippen LogP contribution in [0.5, 0.6) is 0 Å². The van der Waals surface area contributed by atoms with Crippen molar-refractivity contribution in [1.82, 2.24) is 5.32 Å². The topological polar surface area (TPSA) is 35.8 Å². The standard InChI is InChI=1S/C13H20N2S/c1-9(2)10(3)8-15-11(4)13-6-5-12(7-14)16-13/h5-6,9-11,15H,8H2,1-4H3. The number of rotatable bonds is 5. The zero-order valence-electron chi connectivity index (χ0n) is 10.4. The largest absolute Gasteiger partial charge is 0.309 e. The van der Waals surface area contributed by atoms with Gasteiger partial charge >= 0.3 is 0 Å². The van der Waals surface area contributed by atoms with Crippen LogP contribution >= 0.6 is 11.3 Å². The first kappa shape index (κ1) is 13.2. The summed E-state index contributed by atoms with van der Waals surface area (Å²) in [6.45, 7) is 9.93. The summed E-state index contributed by atoms with van der Waals surface area (Å²) in [6, 6.07) is 6.45. The van der Waals surface area contributed by atoms with Crippen molar-refractivity contribution in [3.05, 3.63) is 21.9 Å². The molecule has 0 spiro atoms. The molecule has 1 aromatic rings. The minimum absolute atomic E-state index is 0.341. The van der Waals surface area contributed by atoms with Crippen LogP contribution in [0.25, 0.3) is 0 Å². The number of hydrogen-bond acceptors (Lipinski definition) is 3. The van der Waals surface area contributed by atoms with E-state index >= 15 is 0 Å². The van der Waals surface area contributed by atoms with E-state index in [4.69, 9.17) is 5.26 Å². The van der Waals surface area contributed by atoms with Gasteiger partial charge in [0.1, 0.15) is 10.9 Å². The molecule has 1 N–H and O–H groups in total. The Bertz CT molecular complexity index is 362. The molecular formula is C13H20N2S. The molecule has 0 radical (unpaired) electrons. The minimum atomic E-state index is 0.341. The van der Waals surface area contributed by atoms with Crippen molar-refractivity contribution in [2.45, 2.75) is 33.7 Å². The van der Waals surface area contributed by atoms with Crippen LogP contribution in [0.2, 0.25) is 0 Å². The molecule has 0 aliphatic rings. The van der Waals surface area contributed by atoms with E-state index in [-0.39, 0.29) is 0 Å².